The van der Waals surface area contributed by atoms with E-state index in [1.807, 2.05) is 0 Å². The lowest BCUT2D eigenvalue weighted by atomic mass is 10.1. The van der Waals surface area contributed by atoms with Crippen molar-refractivity contribution in [2.45, 2.75) is 44.8 Å². The number of thioether (sulfide) groups is 1. The topological polar surface area (TPSA) is 36.4 Å². The van der Waals surface area contributed by atoms with Crippen LogP contribution in [0.25, 0.3) is 0 Å². The standard InChI is InChI=1S/C14H27N3S/c1-4-6-7-10-16-13(15-5-2)17-12-14(3)9-8-11-18-14/h4,6H,5,7-12H2,1-3H3,(H2,15,16,17)/b6-4+. The van der Waals surface area contributed by atoms with Crippen molar-refractivity contribution in [1.29, 1.82) is 0 Å². The van der Waals surface area contributed by atoms with Crippen LogP contribution in [0.5, 0.6) is 0 Å². The SMILES string of the molecule is C/C=C/CCNC(=NCC1(C)CCCS1)NCC. The molecule has 0 aromatic rings. The summed E-state index contributed by atoms with van der Waals surface area (Å²) in [5.74, 6) is 2.24. The van der Waals surface area contributed by atoms with Gasteiger partial charge in [0.1, 0.15) is 0 Å². The Balaban J connectivity index is 2.38. The van der Waals surface area contributed by atoms with Gasteiger partial charge in [-0.3, -0.25) is 4.99 Å². The van der Waals surface area contributed by atoms with E-state index in [0.29, 0.717) is 4.75 Å². The highest BCUT2D eigenvalue weighted by Gasteiger charge is 2.29. The van der Waals surface area contributed by atoms with Crippen LogP contribution in [-0.2, 0) is 0 Å². The van der Waals surface area contributed by atoms with Gasteiger partial charge < -0.3 is 10.6 Å². The molecule has 1 heterocycles. The highest BCUT2D eigenvalue weighted by molar-refractivity contribution is 8.00. The van der Waals surface area contributed by atoms with Crippen molar-refractivity contribution >= 4 is 17.7 Å². The predicted octanol–water partition coefficient (Wildman–Crippen LogP) is 2.79. The van der Waals surface area contributed by atoms with E-state index in [9.17, 15) is 0 Å². The summed E-state index contributed by atoms with van der Waals surface area (Å²) in [6.07, 6.45) is 7.93. The number of rotatable bonds is 6. The van der Waals surface area contributed by atoms with Gasteiger partial charge in [0, 0.05) is 17.8 Å². The lowest BCUT2D eigenvalue weighted by Gasteiger charge is -2.20. The minimum Gasteiger partial charge on any atom is -0.357 e. The first-order chi connectivity index (χ1) is 8.70. The molecule has 4 heteroatoms. The third kappa shape index (κ3) is 5.80. The number of allylic oxidation sites excluding steroid dienone is 1. The summed E-state index contributed by atoms with van der Waals surface area (Å²) in [5, 5.41) is 6.68. The fourth-order valence-electron chi connectivity index (χ4n) is 1.99. The molecule has 0 aromatic heterocycles. The van der Waals surface area contributed by atoms with Gasteiger partial charge in [0.2, 0.25) is 0 Å². The quantitative estimate of drug-likeness (QED) is 0.337. The van der Waals surface area contributed by atoms with Gasteiger partial charge in [0.25, 0.3) is 0 Å². The molecule has 104 valence electrons. The van der Waals surface area contributed by atoms with Crippen molar-refractivity contribution in [3.63, 3.8) is 0 Å². The molecule has 0 bridgehead atoms. The molecule has 3 nitrogen and oxygen atoms in total. The molecule has 18 heavy (non-hydrogen) atoms. The van der Waals surface area contributed by atoms with Gasteiger partial charge in [-0.15, -0.1) is 0 Å². The second-order valence-corrected chi connectivity index (χ2v) is 6.56. The summed E-state index contributed by atoms with van der Waals surface area (Å²) in [6.45, 7) is 9.26. The van der Waals surface area contributed by atoms with Crippen molar-refractivity contribution < 1.29 is 0 Å². The maximum Gasteiger partial charge on any atom is 0.191 e. The number of hydrogen-bond donors (Lipinski definition) is 2. The molecule has 1 rings (SSSR count). The first kappa shape index (κ1) is 15.4. The van der Waals surface area contributed by atoms with Crippen LogP contribution in [0.2, 0.25) is 0 Å². The Hall–Kier alpha value is -0.640. The lowest BCUT2D eigenvalue weighted by Crippen LogP contribution is -2.38. The summed E-state index contributed by atoms with van der Waals surface area (Å²) in [4.78, 5) is 4.71. The number of aliphatic imine (C=N–C) groups is 1. The predicted molar refractivity (Wildman–Crippen MR) is 83.5 cm³/mol. The molecule has 0 aromatic carbocycles. The van der Waals surface area contributed by atoms with Crippen LogP contribution in [0, 0.1) is 0 Å². The molecular weight excluding hydrogens is 242 g/mol. The van der Waals surface area contributed by atoms with Crippen LogP contribution in [0.1, 0.15) is 40.0 Å². The van der Waals surface area contributed by atoms with Crippen molar-refractivity contribution in [2.24, 2.45) is 4.99 Å². The number of nitrogens with one attached hydrogen (secondary N) is 2. The van der Waals surface area contributed by atoms with Crippen LogP contribution in [0.15, 0.2) is 17.1 Å². The van der Waals surface area contributed by atoms with Crippen LogP contribution in [0.3, 0.4) is 0 Å². The van der Waals surface area contributed by atoms with Crippen LogP contribution in [-0.4, -0.2) is 36.1 Å². The number of nitrogens with zero attached hydrogens (tertiary/aromatic N) is 1. The molecule has 1 aliphatic rings. The Morgan fingerprint density at radius 3 is 2.89 bits per heavy atom. The van der Waals surface area contributed by atoms with E-state index in [4.69, 9.17) is 4.99 Å². The lowest BCUT2D eigenvalue weighted by molar-refractivity contribution is 0.614. The van der Waals surface area contributed by atoms with E-state index in [1.54, 1.807) is 0 Å². The summed E-state index contributed by atoms with van der Waals surface area (Å²) in [7, 11) is 0. The molecule has 2 N–H and O–H groups in total. The zero-order valence-electron chi connectivity index (χ0n) is 12.0. The second kappa shape index (κ2) is 8.46. The zero-order chi connectivity index (χ0) is 13.3. The highest BCUT2D eigenvalue weighted by Crippen LogP contribution is 2.37. The summed E-state index contributed by atoms with van der Waals surface area (Å²) in [5.41, 5.74) is 0. The number of hydrogen-bond acceptors (Lipinski definition) is 2. The first-order valence-corrected chi connectivity index (χ1v) is 7.96. The fourth-order valence-corrected chi connectivity index (χ4v) is 3.22. The Labute approximate surface area is 116 Å². The molecule has 1 aliphatic heterocycles. The van der Waals surface area contributed by atoms with Gasteiger partial charge >= 0.3 is 0 Å². The summed E-state index contributed by atoms with van der Waals surface area (Å²) < 4.78 is 0.353. The molecular formula is C14H27N3S. The Morgan fingerprint density at radius 1 is 1.44 bits per heavy atom. The first-order valence-electron chi connectivity index (χ1n) is 6.97. The Bertz CT molecular complexity index is 281. The molecule has 0 amide bonds. The smallest absolute Gasteiger partial charge is 0.191 e. The van der Waals surface area contributed by atoms with Crippen molar-refractivity contribution in [3.05, 3.63) is 12.2 Å². The third-order valence-electron chi connectivity index (χ3n) is 3.06. The summed E-state index contributed by atoms with van der Waals surface area (Å²) >= 11 is 2.06. The van der Waals surface area contributed by atoms with Crippen LogP contribution in [0.4, 0.5) is 0 Å². The fraction of sp³-hybridized carbons (Fsp3) is 0.786. The maximum atomic E-state index is 4.71. The normalized spacial score (nSPS) is 24.7. The van der Waals surface area contributed by atoms with E-state index >= 15 is 0 Å². The van der Waals surface area contributed by atoms with E-state index < -0.39 is 0 Å². The Morgan fingerprint density at radius 2 is 2.28 bits per heavy atom. The van der Waals surface area contributed by atoms with Gasteiger partial charge in [-0.25, -0.2) is 0 Å². The molecule has 0 saturated carbocycles. The Kier molecular flexibility index (Phi) is 7.25. The molecule has 0 aliphatic carbocycles. The van der Waals surface area contributed by atoms with Gasteiger partial charge in [0.15, 0.2) is 5.96 Å². The van der Waals surface area contributed by atoms with Gasteiger partial charge in [0.05, 0.1) is 6.54 Å². The van der Waals surface area contributed by atoms with Gasteiger partial charge in [-0.05, 0) is 45.8 Å². The van der Waals surface area contributed by atoms with Crippen molar-refractivity contribution in [1.82, 2.24) is 10.6 Å². The summed E-state index contributed by atoms with van der Waals surface area (Å²) in [6, 6.07) is 0. The highest BCUT2D eigenvalue weighted by atomic mass is 32.2. The largest absolute Gasteiger partial charge is 0.357 e. The van der Waals surface area contributed by atoms with Crippen LogP contribution < -0.4 is 10.6 Å². The zero-order valence-corrected chi connectivity index (χ0v) is 12.8. The molecule has 0 spiro atoms. The van der Waals surface area contributed by atoms with E-state index in [2.05, 4.69) is 55.3 Å². The minimum absolute atomic E-state index is 0.353. The van der Waals surface area contributed by atoms with Crippen molar-refractivity contribution in [3.8, 4) is 0 Å². The molecule has 1 saturated heterocycles. The average molecular weight is 269 g/mol. The molecule has 0 radical (unpaired) electrons. The molecule has 1 atom stereocenters. The maximum absolute atomic E-state index is 4.71. The molecule has 1 fully saturated rings. The van der Waals surface area contributed by atoms with Crippen LogP contribution >= 0.6 is 11.8 Å². The minimum atomic E-state index is 0.353. The van der Waals surface area contributed by atoms with E-state index in [0.717, 1.165) is 32.0 Å². The molecule has 1 unspecified atom stereocenters. The van der Waals surface area contributed by atoms with Crippen molar-refractivity contribution in [2.75, 3.05) is 25.4 Å². The van der Waals surface area contributed by atoms with E-state index in [-0.39, 0.29) is 0 Å². The monoisotopic (exact) mass is 269 g/mol. The average Bonchev–Trinajstić information content (AvgIpc) is 2.79. The van der Waals surface area contributed by atoms with Gasteiger partial charge in [-0.2, -0.15) is 11.8 Å². The third-order valence-corrected chi connectivity index (χ3v) is 4.58. The second-order valence-electron chi connectivity index (χ2n) is 4.88. The van der Waals surface area contributed by atoms with Gasteiger partial charge in [-0.1, -0.05) is 12.2 Å². The van der Waals surface area contributed by atoms with E-state index in [1.165, 1.54) is 18.6 Å². The number of guanidine groups is 1.